The zero-order chi connectivity index (χ0) is 16.2. The van der Waals surface area contributed by atoms with Crippen LogP contribution in [-0.4, -0.2) is 23.2 Å². The molecular weight excluding hydrogens is 301 g/mol. The molecule has 7 heteroatoms. The first-order valence-electron chi connectivity index (χ1n) is 6.70. The van der Waals surface area contributed by atoms with E-state index in [2.05, 4.69) is 15.5 Å². The van der Waals surface area contributed by atoms with Gasteiger partial charge >= 0.3 is 11.8 Å². The highest BCUT2D eigenvalue weighted by Gasteiger charge is 2.16. The van der Waals surface area contributed by atoms with Crippen molar-refractivity contribution in [1.29, 1.82) is 0 Å². The van der Waals surface area contributed by atoms with Crippen LogP contribution in [0.1, 0.15) is 10.7 Å². The average Bonchev–Trinajstić information content (AvgIpc) is 3.05. The lowest BCUT2D eigenvalue weighted by atomic mass is 10.2. The molecule has 0 saturated carbocycles. The number of ether oxygens (including phenoxy) is 1. The molecule has 1 amide bonds. The summed E-state index contributed by atoms with van der Waals surface area (Å²) in [6.07, 6.45) is 0. The molecule has 0 aliphatic carbocycles. The number of rotatable bonds is 4. The van der Waals surface area contributed by atoms with Gasteiger partial charge in [-0.25, -0.2) is 4.39 Å². The van der Waals surface area contributed by atoms with Crippen LogP contribution in [0.25, 0.3) is 11.5 Å². The standard InChI is InChI=1S/C16H12FN3O3/c1-22-13-7-3-6-12(9-13)18-14(21)16-20-19-15(23-16)10-4-2-5-11(17)8-10/h2-9H,1H3,(H,18,21). The minimum atomic E-state index is -0.562. The predicted octanol–water partition coefficient (Wildman–Crippen LogP) is 3.14. The Labute approximate surface area is 130 Å². The summed E-state index contributed by atoms with van der Waals surface area (Å²) in [6.45, 7) is 0. The molecule has 0 atom stereocenters. The molecular formula is C16H12FN3O3. The van der Waals surface area contributed by atoms with Crippen LogP contribution in [0.4, 0.5) is 10.1 Å². The first-order chi connectivity index (χ1) is 11.2. The highest BCUT2D eigenvalue weighted by Crippen LogP contribution is 2.20. The van der Waals surface area contributed by atoms with Gasteiger partial charge in [-0.1, -0.05) is 12.1 Å². The number of anilines is 1. The lowest BCUT2D eigenvalue weighted by Gasteiger charge is -2.04. The van der Waals surface area contributed by atoms with E-state index in [1.807, 2.05) is 0 Å². The number of hydrogen-bond acceptors (Lipinski definition) is 5. The monoisotopic (exact) mass is 313 g/mol. The van der Waals surface area contributed by atoms with Gasteiger partial charge in [0, 0.05) is 17.3 Å². The number of carbonyl (C=O) groups is 1. The Morgan fingerprint density at radius 1 is 1.17 bits per heavy atom. The summed E-state index contributed by atoms with van der Waals surface area (Å²) >= 11 is 0. The van der Waals surface area contributed by atoms with Crippen molar-refractivity contribution in [2.45, 2.75) is 0 Å². The summed E-state index contributed by atoms with van der Waals surface area (Å²) in [5.74, 6) is -0.530. The van der Waals surface area contributed by atoms with Crippen molar-refractivity contribution in [3.05, 3.63) is 60.2 Å². The normalized spacial score (nSPS) is 10.3. The van der Waals surface area contributed by atoms with E-state index in [-0.39, 0.29) is 11.8 Å². The Kier molecular flexibility index (Phi) is 4.01. The Hall–Kier alpha value is -3.22. The van der Waals surface area contributed by atoms with Gasteiger partial charge in [0.15, 0.2) is 0 Å². The van der Waals surface area contributed by atoms with Crippen molar-refractivity contribution < 1.29 is 18.3 Å². The fourth-order valence-corrected chi connectivity index (χ4v) is 1.94. The fraction of sp³-hybridized carbons (Fsp3) is 0.0625. The second kappa shape index (κ2) is 6.27. The second-order valence-corrected chi connectivity index (χ2v) is 4.61. The lowest BCUT2D eigenvalue weighted by molar-refractivity contribution is 0.0991. The minimum absolute atomic E-state index is 0.0697. The van der Waals surface area contributed by atoms with Crippen LogP contribution in [0.3, 0.4) is 0 Å². The molecule has 23 heavy (non-hydrogen) atoms. The van der Waals surface area contributed by atoms with Crippen LogP contribution in [0.2, 0.25) is 0 Å². The van der Waals surface area contributed by atoms with Crippen LogP contribution < -0.4 is 10.1 Å². The molecule has 1 N–H and O–H groups in total. The molecule has 0 unspecified atom stereocenters. The SMILES string of the molecule is COc1cccc(NC(=O)c2nnc(-c3cccc(F)c3)o2)c1. The zero-order valence-corrected chi connectivity index (χ0v) is 12.1. The quantitative estimate of drug-likeness (QED) is 0.800. The minimum Gasteiger partial charge on any atom is -0.497 e. The third-order valence-corrected chi connectivity index (χ3v) is 3.02. The summed E-state index contributed by atoms with van der Waals surface area (Å²) in [5.41, 5.74) is 0.929. The maximum absolute atomic E-state index is 13.2. The Balaban J connectivity index is 1.78. The van der Waals surface area contributed by atoms with Crippen LogP contribution in [0.5, 0.6) is 5.75 Å². The van der Waals surface area contributed by atoms with E-state index in [4.69, 9.17) is 9.15 Å². The Bertz CT molecular complexity index is 848. The molecule has 3 rings (SSSR count). The van der Waals surface area contributed by atoms with Gasteiger partial charge in [0.1, 0.15) is 11.6 Å². The molecule has 0 fully saturated rings. The van der Waals surface area contributed by atoms with Crippen LogP contribution in [-0.2, 0) is 0 Å². The van der Waals surface area contributed by atoms with E-state index in [0.717, 1.165) is 0 Å². The maximum atomic E-state index is 13.2. The largest absolute Gasteiger partial charge is 0.497 e. The van der Waals surface area contributed by atoms with Gasteiger partial charge in [-0.05, 0) is 30.3 Å². The molecule has 0 bridgehead atoms. The number of benzene rings is 2. The van der Waals surface area contributed by atoms with Crippen molar-refractivity contribution in [2.24, 2.45) is 0 Å². The number of aromatic nitrogens is 2. The van der Waals surface area contributed by atoms with Gasteiger partial charge in [-0.2, -0.15) is 0 Å². The van der Waals surface area contributed by atoms with Gasteiger partial charge in [0.2, 0.25) is 5.89 Å². The van der Waals surface area contributed by atoms with E-state index >= 15 is 0 Å². The molecule has 6 nitrogen and oxygen atoms in total. The van der Waals surface area contributed by atoms with Gasteiger partial charge in [-0.15, -0.1) is 10.2 Å². The molecule has 3 aromatic rings. The molecule has 1 heterocycles. The van der Waals surface area contributed by atoms with E-state index in [1.165, 1.54) is 25.3 Å². The molecule has 0 aliphatic heterocycles. The van der Waals surface area contributed by atoms with Crippen molar-refractivity contribution in [3.63, 3.8) is 0 Å². The lowest BCUT2D eigenvalue weighted by Crippen LogP contribution is -2.12. The van der Waals surface area contributed by atoms with Crippen molar-refractivity contribution >= 4 is 11.6 Å². The number of nitrogens with zero attached hydrogens (tertiary/aromatic N) is 2. The number of hydrogen-bond donors (Lipinski definition) is 1. The maximum Gasteiger partial charge on any atom is 0.313 e. The number of methoxy groups -OCH3 is 1. The second-order valence-electron chi connectivity index (χ2n) is 4.61. The van der Waals surface area contributed by atoms with Crippen LogP contribution in [0, 0.1) is 5.82 Å². The average molecular weight is 313 g/mol. The van der Waals surface area contributed by atoms with Crippen molar-refractivity contribution in [2.75, 3.05) is 12.4 Å². The summed E-state index contributed by atoms with van der Waals surface area (Å²) in [4.78, 5) is 12.1. The first kappa shape index (κ1) is 14.7. The molecule has 116 valence electrons. The zero-order valence-electron chi connectivity index (χ0n) is 12.1. The Morgan fingerprint density at radius 3 is 2.78 bits per heavy atom. The summed E-state index contributed by atoms with van der Waals surface area (Å²) in [7, 11) is 1.53. The van der Waals surface area contributed by atoms with Crippen molar-refractivity contribution in [1.82, 2.24) is 10.2 Å². The highest BCUT2D eigenvalue weighted by molar-refractivity contribution is 6.01. The molecule has 0 radical (unpaired) electrons. The summed E-state index contributed by atoms with van der Waals surface area (Å²) in [6, 6.07) is 12.5. The van der Waals surface area contributed by atoms with Crippen LogP contribution in [0.15, 0.2) is 52.9 Å². The fourth-order valence-electron chi connectivity index (χ4n) is 1.94. The molecule has 0 saturated heterocycles. The van der Waals surface area contributed by atoms with Gasteiger partial charge < -0.3 is 14.5 Å². The smallest absolute Gasteiger partial charge is 0.313 e. The summed E-state index contributed by atoms with van der Waals surface area (Å²) < 4.78 is 23.6. The number of nitrogens with one attached hydrogen (secondary N) is 1. The number of carbonyl (C=O) groups excluding carboxylic acids is 1. The predicted molar refractivity (Wildman–Crippen MR) is 80.6 cm³/mol. The molecule has 0 aliphatic rings. The number of amides is 1. The topological polar surface area (TPSA) is 77.2 Å². The Morgan fingerprint density at radius 2 is 2.00 bits per heavy atom. The van der Waals surface area contributed by atoms with E-state index < -0.39 is 11.7 Å². The third kappa shape index (κ3) is 3.34. The van der Waals surface area contributed by atoms with Crippen molar-refractivity contribution in [3.8, 4) is 17.2 Å². The third-order valence-electron chi connectivity index (χ3n) is 3.02. The first-order valence-corrected chi connectivity index (χ1v) is 6.70. The van der Waals surface area contributed by atoms with Gasteiger partial charge in [-0.3, -0.25) is 4.79 Å². The van der Waals surface area contributed by atoms with E-state index in [9.17, 15) is 9.18 Å². The van der Waals surface area contributed by atoms with Gasteiger partial charge in [0.05, 0.1) is 7.11 Å². The molecule has 1 aromatic heterocycles. The highest BCUT2D eigenvalue weighted by atomic mass is 19.1. The van der Waals surface area contributed by atoms with Gasteiger partial charge in [0.25, 0.3) is 0 Å². The van der Waals surface area contributed by atoms with E-state index in [0.29, 0.717) is 17.0 Å². The molecule has 0 spiro atoms. The van der Waals surface area contributed by atoms with Crippen LogP contribution >= 0.6 is 0 Å². The van der Waals surface area contributed by atoms with E-state index in [1.54, 1.807) is 30.3 Å². The summed E-state index contributed by atoms with van der Waals surface area (Å²) in [5, 5.41) is 10.1. The number of halogens is 1. The molecule has 2 aromatic carbocycles.